The average molecular weight is 207 g/mol. The Hall–Kier alpha value is -1.25. The fourth-order valence-corrected chi connectivity index (χ4v) is 2.01. The van der Waals surface area contributed by atoms with Gasteiger partial charge in [-0.2, -0.15) is 0 Å². The summed E-state index contributed by atoms with van der Waals surface area (Å²) < 4.78 is 5.13. The van der Waals surface area contributed by atoms with E-state index < -0.39 is 0 Å². The Kier molecular flexibility index (Phi) is 3.43. The summed E-state index contributed by atoms with van der Waals surface area (Å²) in [5, 5.41) is 0. The van der Waals surface area contributed by atoms with Crippen LogP contribution in [0.5, 0.6) is 0 Å². The van der Waals surface area contributed by atoms with Crippen LogP contribution >= 0.6 is 0 Å². The van der Waals surface area contributed by atoms with Gasteiger partial charge in [-0.25, -0.2) is 0 Å². The summed E-state index contributed by atoms with van der Waals surface area (Å²) in [6.45, 7) is 1.75. The van der Waals surface area contributed by atoms with Gasteiger partial charge in [0, 0.05) is 13.1 Å². The second-order valence-corrected chi connectivity index (χ2v) is 4.04. The summed E-state index contributed by atoms with van der Waals surface area (Å²) in [4.78, 5) is 13.9. The molecule has 3 heteroatoms. The molecule has 0 spiro atoms. The maximum Gasteiger partial charge on any atom is 0.289 e. The molecule has 1 aromatic heterocycles. The van der Waals surface area contributed by atoms with Crippen molar-refractivity contribution in [2.24, 2.45) is 0 Å². The van der Waals surface area contributed by atoms with Gasteiger partial charge >= 0.3 is 0 Å². The molecule has 0 N–H and O–H groups in total. The summed E-state index contributed by atoms with van der Waals surface area (Å²) >= 11 is 0. The zero-order valence-electron chi connectivity index (χ0n) is 8.95. The van der Waals surface area contributed by atoms with Crippen molar-refractivity contribution in [1.82, 2.24) is 4.90 Å². The minimum absolute atomic E-state index is 0.0434. The molecule has 0 aliphatic carbocycles. The summed E-state index contributed by atoms with van der Waals surface area (Å²) in [6, 6.07) is 3.50. The van der Waals surface area contributed by atoms with Crippen LogP contribution in [0.15, 0.2) is 22.8 Å². The molecule has 2 heterocycles. The minimum atomic E-state index is 0.0434. The lowest BCUT2D eigenvalue weighted by Gasteiger charge is -2.23. The van der Waals surface area contributed by atoms with Crippen molar-refractivity contribution in [2.45, 2.75) is 32.1 Å². The predicted octanol–water partition coefficient (Wildman–Crippen LogP) is 2.69. The molecular formula is C12H17NO2. The first-order valence-corrected chi connectivity index (χ1v) is 5.71. The van der Waals surface area contributed by atoms with Gasteiger partial charge in [0.15, 0.2) is 5.76 Å². The Balaban J connectivity index is 1.98. The summed E-state index contributed by atoms with van der Waals surface area (Å²) in [5.74, 6) is 0.512. The van der Waals surface area contributed by atoms with Crippen molar-refractivity contribution in [1.29, 1.82) is 0 Å². The molecule has 15 heavy (non-hydrogen) atoms. The van der Waals surface area contributed by atoms with Crippen LogP contribution < -0.4 is 0 Å². The van der Waals surface area contributed by atoms with Gasteiger partial charge in [0.1, 0.15) is 0 Å². The highest BCUT2D eigenvalue weighted by Gasteiger charge is 2.18. The molecule has 0 bridgehead atoms. The van der Waals surface area contributed by atoms with Gasteiger partial charge in [-0.3, -0.25) is 4.79 Å². The van der Waals surface area contributed by atoms with Gasteiger partial charge in [-0.15, -0.1) is 0 Å². The molecule has 0 atom stereocenters. The van der Waals surface area contributed by atoms with Gasteiger partial charge < -0.3 is 9.32 Å². The van der Waals surface area contributed by atoms with Crippen LogP contribution in [0.2, 0.25) is 0 Å². The zero-order chi connectivity index (χ0) is 10.5. The van der Waals surface area contributed by atoms with Crippen LogP contribution in [0.1, 0.15) is 42.7 Å². The van der Waals surface area contributed by atoms with E-state index in [0.29, 0.717) is 5.76 Å². The van der Waals surface area contributed by atoms with E-state index in [1.165, 1.54) is 19.3 Å². The highest BCUT2D eigenvalue weighted by molar-refractivity contribution is 5.91. The Bertz CT molecular complexity index is 297. The molecule has 0 unspecified atom stereocenters. The first kappa shape index (κ1) is 10.3. The first-order valence-electron chi connectivity index (χ1n) is 5.71. The largest absolute Gasteiger partial charge is 0.459 e. The lowest BCUT2D eigenvalue weighted by atomic mass is 10.1. The van der Waals surface area contributed by atoms with Gasteiger partial charge in [0.2, 0.25) is 0 Å². The van der Waals surface area contributed by atoms with Crippen molar-refractivity contribution in [3.63, 3.8) is 0 Å². The molecule has 3 nitrogen and oxygen atoms in total. The van der Waals surface area contributed by atoms with Gasteiger partial charge in [-0.1, -0.05) is 19.3 Å². The number of likely N-dealkylation sites (tertiary alicyclic amines) is 1. The number of hydrogen-bond donors (Lipinski definition) is 0. The molecule has 1 aliphatic heterocycles. The van der Waals surface area contributed by atoms with Gasteiger partial charge in [-0.05, 0) is 25.0 Å². The molecule has 1 aliphatic rings. The minimum Gasteiger partial charge on any atom is -0.459 e. The van der Waals surface area contributed by atoms with Gasteiger partial charge in [0.05, 0.1) is 6.26 Å². The van der Waals surface area contributed by atoms with E-state index in [1.54, 1.807) is 18.4 Å². The lowest BCUT2D eigenvalue weighted by Crippen LogP contribution is -2.33. The number of rotatable bonds is 1. The SMILES string of the molecule is O=C(c1ccco1)N1CCCCCCC1. The third kappa shape index (κ3) is 2.61. The van der Waals surface area contributed by atoms with Crippen molar-refractivity contribution in [3.8, 4) is 0 Å². The Morgan fingerprint density at radius 2 is 1.80 bits per heavy atom. The number of carbonyl (C=O) groups excluding carboxylic acids is 1. The molecule has 1 saturated heterocycles. The standard InChI is InChI=1S/C12H17NO2/c14-12(11-7-6-10-15-11)13-8-4-2-1-3-5-9-13/h6-7,10H,1-5,8-9H2. The Labute approximate surface area is 90.1 Å². The summed E-state index contributed by atoms with van der Waals surface area (Å²) in [7, 11) is 0. The van der Waals surface area contributed by atoms with Crippen LogP contribution in [-0.4, -0.2) is 23.9 Å². The van der Waals surface area contributed by atoms with E-state index >= 15 is 0 Å². The van der Waals surface area contributed by atoms with E-state index in [2.05, 4.69) is 0 Å². The Morgan fingerprint density at radius 3 is 2.40 bits per heavy atom. The van der Waals surface area contributed by atoms with E-state index in [4.69, 9.17) is 4.42 Å². The zero-order valence-corrected chi connectivity index (χ0v) is 8.95. The normalized spacial score (nSPS) is 18.3. The monoisotopic (exact) mass is 207 g/mol. The van der Waals surface area contributed by atoms with E-state index in [0.717, 1.165) is 25.9 Å². The molecule has 0 radical (unpaired) electrons. The topological polar surface area (TPSA) is 33.5 Å². The first-order chi connectivity index (χ1) is 7.38. The number of amides is 1. The van der Waals surface area contributed by atoms with E-state index in [1.807, 2.05) is 4.90 Å². The third-order valence-electron chi connectivity index (χ3n) is 2.88. The Morgan fingerprint density at radius 1 is 1.13 bits per heavy atom. The second kappa shape index (κ2) is 5.01. The van der Waals surface area contributed by atoms with Crippen LogP contribution in [0, 0.1) is 0 Å². The highest BCUT2D eigenvalue weighted by atomic mass is 16.3. The van der Waals surface area contributed by atoms with E-state index in [9.17, 15) is 4.79 Å². The molecule has 1 fully saturated rings. The van der Waals surface area contributed by atoms with Crippen LogP contribution in [-0.2, 0) is 0 Å². The summed E-state index contributed by atoms with van der Waals surface area (Å²) in [6.07, 6.45) is 7.57. The van der Waals surface area contributed by atoms with Crippen LogP contribution in [0.3, 0.4) is 0 Å². The quantitative estimate of drug-likeness (QED) is 0.709. The number of carbonyl (C=O) groups is 1. The molecule has 2 rings (SSSR count). The van der Waals surface area contributed by atoms with Crippen molar-refractivity contribution >= 4 is 5.91 Å². The molecule has 82 valence electrons. The second-order valence-electron chi connectivity index (χ2n) is 4.04. The van der Waals surface area contributed by atoms with Crippen molar-refractivity contribution in [3.05, 3.63) is 24.2 Å². The van der Waals surface area contributed by atoms with Crippen molar-refractivity contribution in [2.75, 3.05) is 13.1 Å². The molecule has 1 aromatic rings. The molecule has 0 aromatic carbocycles. The predicted molar refractivity (Wildman–Crippen MR) is 57.7 cm³/mol. The fourth-order valence-electron chi connectivity index (χ4n) is 2.01. The highest BCUT2D eigenvalue weighted by Crippen LogP contribution is 2.13. The smallest absolute Gasteiger partial charge is 0.289 e. The number of nitrogens with zero attached hydrogens (tertiary/aromatic N) is 1. The average Bonchev–Trinajstić information content (AvgIpc) is 2.68. The molecular weight excluding hydrogens is 190 g/mol. The fraction of sp³-hybridized carbons (Fsp3) is 0.583. The maximum atomic E-state index is 12.0. The molecule has 1 amide bonds. The maximum absolute atomic E-state index is 12.0. The van der Waals surface area contributed by atoms with E-state index in [-0.39, 0.29) is 5.91 Å². The lowest BCUT2D eigenvalue weighted by molar-refractivity contribution is 0.0710. The van der Waals surface area contributed by atoms with Gasteiger partial charge in [0.25, 0.3) is 5.91 Å². The molecule has 0 saturated carbocycles. The summed E-state index contributed by atoms with van der Waals surface area (Å²) in [5.41, 5.74) is 0. The number of furan rings is 1. The number of hydrogen-bond acceptors (Lipinski definition) is 2. The third-order valence-corrected chi connectivity index (χ3v) is 2.88. The van der Waals surface area contributed by atoms with Crippen LogP contribution in [0.4, 0.5) is 0 Å². The van der Waals surface area contributed by atoms with Crippen LogP contribution in [0.25, 0.3) is 0 Å². The van der Waals surface area contributed by atoms with Crippen molar-refractivity contribution < 1.29 is 9.21 Å².